The van der Waals surface area contributed by atoms with Gasteiger partial charge >= 0.3 is 0 Å². The molecule has 16 heavy (non-hydrogen) atoms. The van der Waals surface area contributed by atoms with Crippen LogP contribution in [0.15, 0.2) is 17.5 Å². The van der Waals surface area contributed by atoms with Gasteiger partial charge < -0.3 is 5.32 Å². The van der Waals surface area contributed by atoms with Crippen molar-refractivity contribution in [2.24, 2.45) is 0 Å². The van der Waals surface area contributed by atoms with Crippen LogP contribution in [-0.4, -0.2) is 31.9 Å². The highest BCUT2D eigenvalue weighted by atomic mass is 32.2. The lowest BCUT2D eigenvalue weighted by atomic mass is 10.2. The number of amides is 1. The molecule has 0 radical (unpaired) electrons. The lowest BCUT2D eigenvalue weighted by Gasteiger charge is -2.09. The Bertz CT molecular complexity index is 464. The summed E-state index contributed by atoms with van der Waals surface area (Å²) in [6.45, 7) is 0. The molecule has 1 aliphatic rings. The minimum atomic E-state index is -2.92. The van der Waals surface area contributed by atoms with Gasteiger partial charge in [-0.2, -0.15) is 0 Å². The largest absolute Gasteiger partial charge is 0.352 e. The molecular weight excluding hydrogens is 246 g/mol. The van der Waals surface area contributed by atoms with E-state index < -0.39 is 9.84 Å². The molecule has 4 nitrogen and oxygen atoms in total. The number of sulfone groups is 1. The third-order valence-corrected chi connectivity index (χ3v) is 5.16. The number of rotatable bonds is 3. The number of thiophene rings is 1. The molecule has 1 atom stereocenters. The zero-order valence-corrected chi connectivity index (χ0v) is 10.3. The van der Waals surface area contributed by atoms with Crippen LogP contribution in [0, 0.1) is 0 Å². The van der Waals surface area contributed by atoms with Gasteiger partial charge in [-0.05, 0) is 17.9 Å². The third-order valence-electron chi connectivity index (χ3n) is 2.51. The molecule has 0 unspecified atom stereocenters. The van der Waals surface area contributed by atoms with E-state index in [2.05, 4.69) is 5.32 Å². The normalized spacial score (nSPS) is 23.1. The fraction of sp³-hybridized carbons (Fsp3) is 0.500. The first-order chi connectivity index (χ1) is 7.55. The molecule has 0 spiro atoms. The van der Waals surface area contributed by atoms with Crippen LogP contribution in [0.25, 0.3) is 0 Å². The van der Waals surface area contributed by atoms with Crippen molar-refractivity contribution in [3.05, 3.63) is 22.4 Å². The Morgan fingerprint density at radius 2 is 2.38 bits per heavy atom. The maximum Gasteiger partial charge on any atom is 0.225 e. The summed E-state index contributed by atoms with van der Waals surface area (Å²) in [6, 6.07) is 3.60. The number of carbonyl (C=O) groups is 1. The fourth-order valence-electron chi connectivity index (χ4n) is 1.76. The number of hydrogen-bond donors (Lipinski definition) is 1. The van der Waals surface area contributed by atoms with Crippen LogP contribution < -0.4 is 5.32 Å². The van der Waals surface area contributed by atoms with Crippen molar-refractivity contribution in [3.8, 4) is 0 Å². The van der Waals surface area contributed by atoms with Crippen molar-refractivity contribution in [1.82, 2.24) is 5.32 Å². The Morgan fingerprint density at radius 1 is 1.56 bits per heavy atom. The molecule has 1 fully saturated rings. The summed E-state index contributed by atoms with van der Waals surface area (Å²) in [5.74, 6) is 0.185. The van der Waals surface area contributed by atoms with E-state index in [4.69, 9.17) is 0 Å². The topological polar surface area (TPSA) is 63.2 Å². The Balaban J connectivity index is 1.85. The van der Waals surface area contributed by atoms with Crippen LogP contribution in [-0.2, 0) is 21.1 Å². The Kier molecular flexibility index (Phi) is 3.30. The van der Waals surface area contributed by atoms with Gasteiger partial charge in [-0.3, -0.25) is 4.79 Å². The molecule has 0 saturated carbocycles. The zero-order valence-electron chi connectivity index (χ0n) is 8.68. The van der Waals surface area contributed by atoms with Gasteiger partial charge in [0.15, 0.2) is 9.84 Å². The van der Waals surface area contributed by atoms with Crippen LogP contribution >= 0.6 is 11.3 Å². The summed E-state index contributed by atoms with van der Waals surface area (Å²) >= 11 is 1.53. The van der Waals surface area contributed by atoms with Crippen molar-refractivity contribution >= 4 is 27.1 Å². The van der Waals surface area contributed by atoms with Crippen molar-refractivity contribution in [3.63, 3.8) is 0 Å². The second kappa shape index (κ2) is 4.55. The van der Waals surface area contributed by atoms with Gasteiger partial charge in [0.1, 0.15) is 0 Å². The number of hydrogen-bond acceptors (Lipinski definition) is 4. The van der Waals surface area contributed by atoms with Gasteiger partial charge in [-0.1, -0.05) is 6.07 Å². The summed E-state index contributed by atoms with van der Waals surface area (Å²) in [6.07, 6.45) is 0.882. The molecule has 0 aliphatic carbocycles. The summed E-state index contributed by atoms with van der Waals surface area (Å²) < 4.78 is 22.4. The van der Waals surface area contributed by atoms with E-state index in [0.29, 0.717) is 12.8 Å². The van der Waals surface area contributed by atoms with Gasteiger partial charge in [-0.15, -0.1) is 11.3 Å². The monoisotopic (exact) mass is 259 g/mol. The Morgan fingerprint density at radius 3 is 2.94 bits per heavy atom. The quantitative estimate of drug-likeness (QED) is 0.864. The van der Waals surface area contributed by atoms with Gasteiger partial charge in [0.25, 0.3) is 0 Å². The van der Waals surface area contributed by atoms with E-state index in [1.165, 1.54) is 11.3 Å². The standard InChI is InChI=1S/C10H13NO3S2/c12-10(6-9-2-1-4-15-9)11-8-3-5-16(13,14)7-8/h1-2,4,8H,3,5-7H2,(H,11,12)/t8-/m1/s1. The maximum absolute atomic E-state index is 11.6. The van der Waals surface area contributed by atoms with E-state index >= 15 is 0 Å². The smallest absolute Gasteiger partial charge is 0.225 e. The average molecular weight is 259 g/mol. The van der Waals surface area contributed by atoms with Gasteiger partial charge in [0.2, 0.25) is 5.91 Å². The molecule has 1 aromatic rings. The first-order valence-corrected chi connectivity index (χ1v) is 7.77. The summed E-state index contributed by atoms with van der Waals surface area (Å²) in [5.41, 5.74) is 0. The summed E-state index contributed by atoms with van der Waals surface area (Å²) in [7, 11) is -2.92. The highest BCUT2D eigenvalue weighted by Gasteiger charge is 2.28. The van der Waals surface area contributed by atoms with Crippen molar-refractivity contribution in [2.75, 3.05) is 11.5 Å². The predicted molar refractivity (Wildman–Crippen MR) is 63.2 cm³/mol. The molecule has 1 saturated heterocycles. The second-order valence-corrected chi connectivity index (χ2v) is 7.18. The maximum atomic E-state index is 11.6. The van der Waals surface area contributed by atoms with Crippen LogP contribution in [0.3, 0.4) is 0 Å². The van der Waals surface area contributed by atoms with Crippen molar-refractivity contribution < 1.29 is 13.2 Å². The second-order valence-electron chi connectivity index (χ2n) is 3.92. The van der Waals surface area contributed by atoms with E-state index in [1.807, 2.05) is 17.5 Å². The van der Waals surface area contributed by atoms with Gasteiger partial charge in [0.05, 0.1) is 17.9 Å². The fourth-order valence-corrected chi connectivity index (χ4v) is 4.14. The summed E-state index contributed by atoms with van der Waals surface area (Å²) in [5, 5.41) is 4.68. The number of carbonyl (C=O) groups excluding carboxylic acids is 1. The lowest BCUT2D eigenvalue weighted by molar-refractivity contribution is -0.120. The van der Waals surface area contributed by atoms with E-state index in [0.717, 1.165) is 4.88 Å². The Hall–Kier alpha value is -0.880. The highest BCUT2D eigenvalue weighted by Crippen LogP contribution is 2.13. The molecule has 2 rings (SSSR count). The molecular formula is C10H13NO3S2. The molecule has 1 aliphatic heterocycles. The molecule has 1 aromatic heterocycles. The molecule has 6 heteroatoms. The van der Waals surface area contributed by atoms with E-state index in [1.54, 1.807) is 0 Å². The molecule has 88 valence electrons. The van der Waals surface area contributed by atoms with Crippen molar-refractivity contribution in [2.45, 2.75) is 18.9 Å². The molecule has 0 aromatic carbocycles. The third kappa shape index (κ3) is 3.05. The van der Waals surface area contributed by atoms with Gasteiger partial charge in [0, 0.05) is 10.9 Å². The van der Waals surface area contributed by atoms with E-state index in [-0.39, 0.29) is 23.5 Å². The minimum Gasteiger partial charge on any atom is -0.352 e. The first kappa shape index (κ1) is 11.6. The lowest BCUT2D eigenvalue weighted by Crippen LogP contribution is -2.36. The summed E-state index contributed by atoms with van der Waals surface area (Å²) in [4.78, 5) is 12.6. The first-order valence-electron chi connectivity index (χ1n) is 5.07. The highest BCUT2D eigenvalue weighted by molar-refractivity contribution is 7.91. The SMILES string of the molecule is O=C(Cc1cccs1)N[C@@H]1CCS(=O)(=O)C1. The van der Waals surface area contributed by atoms with E-state index in [9.17, 15) is 13.2 Å². The van der Waals surface area contributed by atoms with Gasteiger partial charge in [-0.25, -0.2) is 8.42 Å². The van der Waals surface area contributed by atoms with Crippen LogP contribution in [0.5, 0.6) is 0 Å². The van der Waals surface area contributed by atoms with Crippen LogP contribution in [0.4, 0.5) is 0 Å². The zero-order chi connectivity index (χ0) is 11.6. The van der Waals surface area contributed by atoms with Crippen LogP contribution in [0.1, 0.15) is 11.3 Å². The van der Waals surface area contributed by atoms with Crippen LogP contribution in [0.2, 0.25) is 0 Å². The molecule has 2 heterocycles. The molecule has 1 N–H and O–H groups in total. The van der Waals surface area contributed by atoms with Crippen molar-refractivity contribution in [1.29, 1.82) is 0 Å². The average Bonchev–Trinajstić information content (AvgIpc) is 2.76. The predicted octanol–water partition coefficient (Wildman–Crippen LogP) is 0.594. The molecule has 0 bridgehead atoms. The number of nitrogens with one attached hydrogen (secondary N) is 1. The Labute approximate surface area is 98.6 Å². The molecule has 1 amide bonds. The minimum absolute atomic E-state index is 0.0865.